The van der Waals surface area contributed by atoms with Gasteiger partial charge >= 0.3 is 12.1 Å². The van der Waals surface area contributed by atoms with Crippen LogP contribution in [0.4, 0.5) is 4.79 Å². The molecular formula is C26H43N3O7. The van der Waals surface area contributed by atoms with E-state index >= 15 is 0 Å². The molecule has 10 heteroatoms. The molecule has 1 aliphatic rings. The quantitative estimate of drug-likeness (QED) is 0.188. The molecule has 0 aromatic rings. The van der Waals surface area contributed by atoms with Crippen LogP contribution in [0.2, 0.25) is 0 Å². The van der Waals surface area contributed by atoms with Gasteiger partial charge in [0.1, 0.15) is 17.7 Å². The Labute approximate surface area is 214 Å². The first-order valence-corrected chi connectivity index (χ1v) is 12.5. The number of allylic oxidation sites excluding steroid dienone is 2. The molecule has 0 bridgehead atoms. The molecule has 0 radical (unpaired) electrons. The highest BCUT2D eigenvalue weighted by Crippen LogP contribution is 2.34. The van der Waals surface area contributed by atoms with Crippen LogP contribution in [0.15, 0.2) is 11.3 Å². The second-order valence-corrected chi connectivity index (χ2v) is 11.6. The van der Waals surface area contributed by atoms with Crippen molar-refractivity contribution in [3.8, 4) is 0 Å². The van der Waals surface area contributed by atoms with E-state index in [4.69, 9.17) is 4.74 Å². The van der Waals surface area contributed by atoms with Crippen molar-refractivity contribution in [3.63, 3.8) is 0 Å². The summed E-state index contributed by atoms with van der Waals surface area (Å²) in [5.41, 5.74) is -0.299. The Kier molecular flexibility index (Phi) is 11.1. The van der Waals surface area contributed by atoms with Gasteiger partial charge in [0, 0.05) is 25.1 Å². The first kappa shape index (κ1) is 31.1. The Hall–Kier alpha value is -2.91. The maximum Gasteiger partial charge on any atom is 0.408 e. The second kappa shape index (κ2) is 12.9. The molecule has 10 nitrogen and oxygen atoms in total. The number of rotatable bonds is 11. The predicted molar refractivity (Wildman–Crippen MR) is 135 cm³/mol. The second-order valence-electron chi connectivity index (χ2n) is 11.6. The van der Waals surface area contributed by atoms with Gasteiger partial charge in [-0.05, 0) is 58.3 Å². The van der Waals surface area contributed by atoms with Gasteiger partial charge in [-0.3, -0.25) is 14.4 Å². The van der Waals surface area contributed by atoms with Crippen LogP contribution >= 0.6 is 0 Å². The topological polar surface area (TPSA) is 151 Å². The molecule has 4 N–H and O–H groups in total. The Bertz CT molecular complexity index is 862. The molecule has 1 fully saturated rings. The summed E-state index contributed by atoms with van der Waals surface area (Å²) in [4.78, 5) is 61.3. The van der Waals surface area contributed by atoms with E-state index in [1.165, 1.54) is 0 Å². The van der Waals surface area contributed by atoms with Crippen LogP contribution in [0.25, 0.3) is 0 Å². The van der Waals surface area contributed by atoms with Gasteiger partial charge in [0.2, 0.25) is 5.91 Å². The van der Waals surface area contributed by atoms with Gasteiger partial charge in [-0.1, -0.05) is 27.7 Å². The average molecular weight is 510 g/mol. The van der Waals surface area contributed by atoms with Crippen molar-refractivity contribution in [2.45, 2.75) is 105 Å². The monoisotopic (exact) mass is 509 g/mol. The SMILES string of the molecule is CC(NCCCC[C@H](NC(=O)[C@@H](NC(=O)OC(C)(C)C)C(C)C)C(=O)O)=C1C(=O)CC(C)(C)CC1=O. The summed E-state index contributed by atoms with van der Waals surface area (Å²) >= 11 is 0. The largest absolute Gasteiger partial charge is 0.480 e. The molecule has 2 atom stereocenters. The minimum absolute atomic E-state index is 0.158. The zero-order valence-electron chi connectivity index (χ0n) is 22.9. The molecule has 0 spiro atoms. The van der Waals surface area contributed by atoms with Crippen LogP contribution < -0.4 is 16.0 Å². The van der Waals surface area contributed by atoms with E-state index in [0.717, 1.165) is 0 Å². The van der Waals surface area contributed by atoms with Crippen molar-refractivity contribution in [1.82, 2.24) is 16.0 Å². The van der Waals surface area contributed by atoms with Crippen molar-refractivity contribution < 1.29 is 33.8 Å². The molecule has 0 aromatic carbocycles. The van der Waals surface area contributed by atoms with Crippen molar-refractivity contribution in [2.75, 3.05) is 6.54 Å². The highest BCUT2D eigenvalue weighted by molar-refractivity contribution is 6.22. The normalized spacial score (nSPS) is 17.3. The third kappa shape index (κ3) is 10.4. The maximum absolute atomic E-state index is 12.7. The Morgan fingerprint density at radius 3 is 2.06 bits per heavy atom. The molecule has 0 aromatic heterocycles. The van der Waals surface area contributed by atoms with E-state index in [1.807, 2.05) is 13.8 Å². The maximum atomic E-state index is 12.7. The lowest BCUT2D eigenvalue weighted by Gasteiger charge is -2.29. The number of carboxylic acid groups (broad SMARTS) is 1. The number of unbranched alkanes of at least 4 members (excludes halogenated alkanes) is 1. The highest BCUT2D eigenvalue weighted by atomic mass is 16.6. The first-order chi connectivity index (χ1) is 16.4. The van der Waals surface area contributed by atoms with Crippen molar-refractivity contribution in [1.29, 1.82) is 0 Å². The Morgan fingerprint density at radius 1 is 1.03 bits per heavy atom. The molecule has 204 valence electrons. The summed E-state index contributed by atoms with van der Waals surface area (Å²) in [6.45, 7) is 14.5. The van der Waals surface area contributed by atoms with E-state index in [-0.39, 0.29) is 34.9 Å². The van der Waals surface area contributed by atoms with Gasteiger partial charge in [0.15, 0.2) is 11.6 Å². The van der Waals surface area contributed by atoms with E-state index in [1.54, 1.807) is 41.5 Å². The number of carbonyl (C=O) groups excluding carboxylic acids is 4. The molecular weight excluding hydrogens is 466 g/mol. The number of alkyl carbamates (subject to hydrolysis) is 1. The standard InChI is InChI=1S/C26H43N3O7/c1-15(2)21(29-24(35)36-25(4,5)6)22(32)28-17(23(33)34)11-9-10-12-27-16(3)20-18(30)13-26(7,8)14-19(20)31/h15,17,21,27H,9-14H2,1-8H3,(H,28,32)(H,29,35)(H,33,34)/t17-,21-/m0/s1. The van der Waals surface area contributed by atoms with Crippen LogP contribution in [0, 0.1) is 11.3 Å². The molecule has 1 aliphatic carbocycles. The number of hydrogen-bond acceptors (Lipinski definition) is 7. The molecule has 1 saturated carbocycles. The highest BCUT2D eigenvalue weighted by Gasteiger charge is 2.36. The van der Waals surface area contributed by atoms with Gasteiger partial charge in [-0.2, -0.15) is 0 Å². The average Bonchev–Trinajstić information content (AvgIpc) is 2.67. The molecule has 0 saturated heterocycles. The summed E-state index contributed by atoms with van der Waals surface area (Å²) in [6, 6.07) is -2.07. The lowest BCUT2D eigenvalue weighted by atomic mass is 9.73. The van der Waals surface area contributed by atoms with Crippen LogP contribution in [0.1, 0.15) is 87.5 Å². The fraction of sp³-hybridized carbons (Fsp3) is 0.731. The van der Waals surface area contributed by atoms with Gasteiger partial charge < -0.3 is 25.8 Å². The van der Waals surface area contributed by atoms with Crippen LogP contribution in [-0.4, -0.2) is 58.9 Å². The van der Waals surface area contributed by atoms with Gasteiger partial charge in [-0.25, -0.2) is 9.59 Å². The third-order valence-electron chi connectivity index (χ3n) is 5.76. The van der Waals surface area contributed by atoms with E-state index in [2.05, 4.69) is 16.0 Å². The predicted octanol–water partition coefficient (Wildman–Crippen LogP) is 3.10. The number of amides is 2. The summed E-state index contributed by atoms with van der Waals surface area (Å²) in [5.74, 6) is -2.37. The fourth-order valence-corrected chi connectivity index (χ4v) is 4.01. The summed E-state index contributed by atoms with van der Waals surface area (Å²) in [6.07, 6.45) is 1.13. The molecule has 2 amide bonds. The first-order valence-electron chi connectivity index (χ1n) is 12.5. The summed E-state index contributed by atoms with van der Waals surface area (Å²) in [7, 11) is 0. The van der Waals surface area contributed by atoms with Crippen molar-refractivity contribution in [3.05, 3.63) is 11.3 Å². The van der Waals surface area contributed by atoms with Crippen LogP contribution in [-0.2, 0) is 23.9 Å². The minimum Gasteiger partial charge on any atom is -0.480 e. The number of nitrogens with one attached hydrogen (secondary N) is 3. The van der Waals surface area contributed by atoms with Gasteiger partial charge in [-0.15, -0.1) is 0 Å². The lowest BCUT2D eigenvalue weighted by Crippen LogP contribution is -2.54. The van der Waals surface area contributed by atoms with E-state index in [0.29, 0.717) is 37.9 Å². The zero-order chi connectivity index (χ0) is 27.8. The number of ether oxygens (including phenoxy) is 1. The number of Topliss-reactive ketones (excluding diaryl/α,β-unsaturated/α-hetero) is 2. The summed E-state index contributed by atoms with van der Waals surface area (Å²) in [5, 5.41) is 17.7. The lowest BCUT2D eigenvalue weighted by molar-refractivity contribution is -0.142. The zero-order valence-corrected chi connectivity index (χ0v) is 22.9. The van der Waals surface area contributed by atoms with Crippen molar-refractivity contribution >= 4 is 29.5 Å². The number of carbonyl (C=O) groups is 5. The number of hydrogen-bond donors (Lipinski definition) is 4. The molecule has 1 rings (SSSR count). The number of carboxylic acids is 1. The third-order valence-corrected chi connectivity index (χ3v) is 5.76. The minimum atomic E-state index is -1.17. The molecule has 0 heterocycles. The smallest absolute Gasteiger partial charge is 0.408 e. The Morgan fingerprint density at radius 2 is 1.58 bits per heavy atom. The van der Waals surface area contributed by atoms with Crippen LogP contribution in [0.5, 0.6) is 0 Å². The van der Waals surface area contributed by atoms with E-state index in [9.17, 15) is 29.1 Å². The molecule has 0 unspecified atom stereocenters. The summed E-state index contributed by atoms with van der Waals surface area (Å²) < 4.78 is 5.20. The number of aliphatic carboxylic acids is 1. The fourth-order valence-electron chi connectivity index (χ4n) is 4.01. The molecule has 0 aliphatic heterocycles. The van der Waals surface area contributed by atoms with E-state index < -0.39 is 35.7 Å². The number of ketones is 2. The Balaban J connectivity index is 2.62. The van der Waals surface area contributed by atoms with Crippen molar-refractivity contribution in [2.24, 2.45) is 11.3 Å². The van der Waals surface area contributed by atoms with Gasteiger partial charge in [0.05, 0.1) is 5.57 Å². The molecule has 36 heavy (non-hydrogen) atoms. The van der Waals surface area contributed by atoms with Gasteiger partial charge in [0.25, 0.3) is 0 Å². The van der Waals surface area contributed by atoms with Crippen LogP contribution in [0.3, 0.4) is 0 Å².